The van der Waals surface area contributed by atoms with Crippen LogP contribution in [-0.2, 0) is 0 Å². The van der Waals surface area contributed by atoms with Gasteiger partial charge in [0.05, 0.1) is 0 Å². The van der Waals surface area contributed by atoms with Crippen LogP contribution in [0.1, 0.15) is 21.6 Å². The molecule has 0 aliphatic rings. The van der Waals surface area contributed by atoms with E-state index in [2.05, 4.69) is 15.5 Å². The van der Waals surface area contributed by atoms with Crippen molar-refractivity contribution in [3.8, 4) is 11.3 Å². The molecule has 0 radical (unpaired) electrons. The number of amides is 1. The molecule has 0 aliphatic heterocycles. The van der Waals surface area contributed by atoms with E-state index in [-0.39, 0.29) is 11.6 Å². The van der Waals surface area contributed by atoms with Crippen molar-refractivity contribution in [3.05, 3.63) is 65.6 Å². The lowest BCUT2D eigenvalue weighted by Gasteiger charge is -2.07. The van der Waals surface area contributed by atoms with Crippen molar-refractivity contribution >= 4 is 11.6 Å². The molecule has 0 unspecified atom stereocenters. The molecule has 2 heterocycles. The smallest absolute Gasteiger partial charge is 0.277 e. The summed E-state index contributed by atoms with van der Waals surface area (Å²) in [6.07, 6.45) is 3.33. The van der Waals surface area contributed by atoms with Gasteiger partial charge in [0.15, 0.2) is 11.5 Å². The molecule has 1 N–H and O–H groups in total. The quantitative estimate of drug-likeness (QED) is 0.801. The summed E-state index contributed by atoms with van der Waals surface area (Å²) < 4.78 is 5.21. The van der Waals surface area contributed by atoms with Crippen molar-refractivity contribution < 1.29 is 9.32 Å². The number of rotatable bonds is 3. The van der Waals surface area contributed by atoms with Crippen LogP contribution >= 0.6 is 0 Å². The lowest BCUT2D eigenvalue weighted by molar-refractivity contribution is 0.101. The van der Waals surface area contributed by atoms with Crippen LogP contribution in [0.25, 0.3) is 11.3 Å². The Morgan fingerprint density at radius 1 is 1.18 bits per heavy atom. The minimum Gasteiger partial charge on any atom is -0.355 e. The molecule has 0 saturated heterocycles. The van der Waals surface area contributed by atoms with Gasteiger partial charge in [0, 0.05) is 29.7 Å². The number of aryl methyl sites for hydroxylation is 2. The van der Waals surface area contributed by atoms with Gasteiger partial charge in [0.25, 0.3) is 5.91 Å². The van der Waals surface area contributed by atoms with Gasteiger partial charge in [-0.2, -0.15) is 0 Å². The predicted octanol–water partition coefficient (Wildman–Crippen LogP) is 3.61. The van der Waals surface area contributed by atoms with Crippen molar-refractivity contribution in [1.82, 2.24) is 10.1 Å². The van der Waals surface area contributed by atoms with Crippen LogP contribution in [0.2, 0.25) is 0 Å². The van der Waals surface area contributed by atoms with Crippen molar-refractivity contribution in [2.24, 2.45) is 0 Å². The Morgan fingerprint density at radius 2 is 2.05 bits per heavy atom. The van der Waals surface area contributed by atoms with Gasteiger partial charge >= 0.3 is 0 Å². The third-order valence-corrected chi connectivity index (χ3v) is 3.33. The SMILES string of the molecule is Cc1ccc(C)c(NC(=O)c2cc(-c3cccnc3)on2)c1. The van der Waals surface area contributed by atoms with Gasteiger partial charge in [-0.1, -0.05) is 17.3 Å². The van der Waals surface area contributed by atoms with Gasteiger partial charge in [0.2, 0.25) is 0 Å². The number of benzene rings is 1. The first-order chi connectivity index (χ1) is 10.6. The average molecular weight is 293 g/mol. The Labute approximate surface area is 128 Å². The minimum atomic E-state index is -0.299. The number of hydrogen-bond donors (Lipinski definition) is 1. The van der Waals surface area contributed by atoms with E-state index in [0.29, 0.717) is 5.76 Å². The molecule has 3 rings (SSSR count). The zero-order chi connectivity index (χ0) is 15.5. The number of hydrogen-bond acceptors (Lipinski definition) is 4. The van der Waals surface area contributed by atoms with Gasteiger partial charge in [-0.25, -0.2) is 0 Å². The number of nitrogens with one attached hydrogen (secondary N) is 1. The number of carbonyl (C=O) groups is 1. The Morgan fingerprint density at radius 3 is 2.82 bits per heavy atom. The molecule has 0 atom stereocenters. The molecule has 5 nitrogen and oxygen atoms in total. The van der Waals surface area contributed by atoms with Crippen LogP contribution < -0.4 is 5.32 Å². The lowest BCUT2D eigenvalue weighted by Crippen LogP contribution is -2.13. The van der Waals surface area contributed by atoms with E-state index in [0.717, 1.165) is 22.4 Å². The summed E-state index contributed by atoms with van der Waals surface area (Å²) in [6, 6.07) is 11.1. The van der Waals surface area contributed by atoms with Crippen LogP contribution in [-0.4, -0.2) is 16.0 Å². The highest BCUT2D eigenvalue weighted by Crippen LogP contribution is 2.21. The first-order valence-electron chi connectivity index (χ1n) is 6.89. The molecule has 1 aromatic carbocycles. The Hall–Kier alpha value is -2.95. The molecule has 110 valence electrons. The monoisotopic (exact) mass is 293 g/mol. The second-order valence-electron chi connectivity index (χ2n) is 5.09. The second-order valence-corrected chi connectivity index (χ2v) is 5.09. The third-order valence-electron chi connectivity index (χ3n) is 3.33. The number of nitrogens with zero attached hydrogens (tertiary/aromatic N) is 2. The third kappa shape index (κ3) is 2.88. The fourth-order valence-corrected chi connectivity index (χ4v) is 2.08. The lowest BCUT2D eigenvalue weighted by atomic mass is 10.1. The van der Waals surface area contributed by atoms with E-state index in [1.165, 1.54) is 0 Å². The number of carbonyl (C=O) groups excluding carboxylic acids is 1. The molecular formula is C17H15N3O2. The average Bonchev–Trinajstić information content (AvgIpc) is 3.02. The molecule has 0 bridgehead atoms. The molecule has 0 spiro atoms. The minimum absolute atomic E-state index is 0.236. The van der Waals surface area contributed by atoms with E-state index < -0.39 is 0 Å². The summed E-state index contributed by atoms with van der Waals surface area (Å²) in [4.78, 5) is 16.3. The van der Waals surface area contributed by atoms with Crippen molar-refractivity contribution in [3.63, 3.8) is 0 Å². The standard InChI is InChI=1S/C17H15N3O2/c1-11-5-6-12(2)14(8-11)19-17(21)15-9-16(22-20-15)13-4-3-7-18-10-13/h3-10H,1-2H3,(H,19,21). The Kier molecular flexibility index (Phi) is 3.70. The van der Waals surface area contributed by atoms with Crippen LogP contribution in [0.3, 0.4) is 0 Å². The van der Waals surface area contributed by atoms with Crippen molar-refractivity contribution in [2.45, 2.75) is 13.8 Å². The molecule has 5 heteroatoms. The molecule has 2 aromatic heterocycles. The van der Waals surface area contributed by atoms with Gasteiger partial charge in [-0.05, 0) is 43.2 Å². The number of pyridine rings is 1. The van der Waals surface area contributed by atoms with E-state index in [1.54, 1.807) is 24.5 Å². The normalized spacial score (nSPS) is 10.5. The zero-order valence-electron chi connectivity index (χ0n) is 12.3. The second kappa shape index (κ2) is 5.81. The molecule has 0 aliphatic carbocycles. The van der Waals surface area contributed by atoms with Crippen LogP contribution in [0.15, 0.2) is 53.3 Å². The highest BCUT2D eigenvalue weighted by atomic mass is 16.5. The van der Waals surface area contributed by atoms with Gasteiger partial charge in [-0.3, -0.25) is 9.78 Å². The largest absolute Gasteiger partial charge is 0.355 e. The summed E-state index contributed by atoms with van der Waals surface area (Å²) in [6.45, 7) is 3.92. The van der Waals surface area contributed by atoms with Gasteiger partial charge in [-0.15, -0.1) is 0 Å². The Balaban J connectivity index is 1.81. The summed E-state index contributed by atoms with van der Waals surface area (Å²) in [5, 5.41) is 6.68. The van der Waals surface area contributed by atoms with E-state index in [9.17, 15) is 4.79 Å². The van der Waals surface area contributed by atoms with Crippen molar-refractivity contribution in [1.29, 1.82) is 0 Å². The van der Waals surface area contributed by atoms with Crippen molar-refractivity contribution in [2.75, 3.05) is 5.32 Å². The topological polar surface area (TPSA) is 68.0 Å². The molecule has 3 aromatic rings. The Bertz CT molecular complexity index is 810. The molecule has 22 heavy (non-hydrogen) atoms. The number of anilines is 1. The van der Waals surface area contributed by atoms with E-state index in [1.807, 2.05) is 38.1 Å². The fraction of sp³-hybridized carbons (Fsp3) is 0.118. The summed E-state index contributed by atoms with van der Waals surface area (Å²) in [7, 11) is 0. The van der Waals surface area contributed by atoms with E-state index >= 15 is 0 Å². The fourth-order valence-electron chi connectivity index (χ4n) is 2.08. The van der Waals surface area contributed by atoms with E-state index in [4.69, 9.17) is 4.52 Å². The van der Waals surface area contributed by atoms with Crippen LogP contribution in [0, 0.1) is 13.8 Å². The predicted molar refractivity (Wildman–Crippen MR) is 83.6 cm³/mol. The summed E-state index contributed by atoms with van der Waals surface area (Å²) in [5.41, 5.74) is 3.86. The maximum Gasteiger partial charge on any atom is 0.277 e. The maximum atomic E-state index is 12.3. The van der Waals surface area contributed by atoms with Crippen LogP contribution in [0.4, 0.5) is 5.69 Å². The maximum absolute atomic E-state index is 12.3. The zero-order valence-corrected chi connectivity index (χ0v) is 12.3. The summed E-state index contributed by atoms with van der Waals surface area (Å²) in [5.74, 6) is 0.215. The molecule has 0 saturated carbocycles. The summed E-state index contributed by atoms with van der Waals surface area (Å²) >= 11 is 0. The highest BCUT2D eigenvalue weighted by molar-refractivity contribution is 6.03. The molecule has 1 amide bonds. The molecule has 0 fully saturated rings. The highest BCUT2D eigenvalue weighted by Gasteiger charge is 2.14. The molecular weight excluding hydrogens is 278 g/mol. The first-order valence-corrected chi connectivity index (χ1v) is 6.89. The first kappa shape index (κ1) is 14.0. The van der Waals surface area contributed by atoms with Crippen LogP contribution in [0.5, 0.6) is 0 Å². The van der Waals surface area contributed by atoms with Gasteiger partial charge < -0.3 is 9.84 Å². The number of aromatic nitrogens is 2. The van der Waals surface area contributed by atoms with Gasteiger partial charge in [0.1, 0.15) is 0 Å².